The first-order valence-corrected chi connectivity index (χ1v) is 10.3. The van der Waals surface area contributed by atoms with E-state index in [4.69, 9.17) is 16.3 Å². The molecule has 2 heterocycles. The zero-order valence-corrected chi connectivity index (χ0v) is 18.3. The van der Waals surface area contributed by atoms with Gasteiger partial charge in [-0.05, 0) is 54.4 Å². The van der Waals surface area contributed by atoms with Crippen molar-refractivity contribution in [1.29, 1.82) is 0 Å². The van der Waals surface area contributed by atoms with E-state index in [0.717, 1.165) is 16.9 Å². The molecule has 0 spiro atoms. The van der Waals surface area contributed by atoms with Gasteiger partial charge >= 0.3 is 5.69 Å². The summed E-state index contributed by atoms with van der Waals surface area (Å²) in [6.45, 7) is 2.83. The second-order valence-electron chi connectivity index (χ2n) is 7.01. The molecule has 0 fully saturated rings. The maximum absolute atomic E-state index is 12.6. The van der Waals surface area contributed by atoms with Crippen LogP contribution in [0.1, 0.15) is 18.1 Å². The summed E-state index contributed by atoms with van der Waals surface area (Å²) in [6.07, 6.45) is 1.63. The summed E-state index contributed by atoms with van der Waals surface area (Å²) >= 11 is 6.12. The van der Waals surface area contributed by atoms with Gasteiger partial charge in [0.05, 0.1) is 19.4 Å². The van der Waals surface area contributed by atoms with Gasteiger partial charge in [-0.2, -0.15) is 10.1 Å². The second-order valence-corrected chi connectivity index (χ2v) is 7.45. The van der Waals surface area contributed by atoms with Crippen LogP contribution in [0.25, 0.3) is 11.2 Å². The Bertz CT molecular complexity index is 1400. The lowest BCUT2D eigenvalue weighted by atomic mass is 10.2. The maximum Gasteiger partial charge on any atom is 0.329 e. The number of hydrogen-bond acceptors (Lipinski definition) is 6. The molecule has 10 heteroatoms. The number of imidazole rings is 1. The Morgan fingerprint density at radius 1 is 1.22 bits per heavy atom. The lowest BCUT2D eigenvalue weighted by molar-refractivity contribution is 0.340. The minimum absolute atomic E-state index is 0.250. The number of aromatic nitrogens is 4. The van der Waals surface area contributed by atoms with E-state index in [9.17, 15) is 9.59 Å². The molecule has 4 rings (SSSR count). The van der Waals surface area contributed by atoms with E-state index < -0.39 is 11.2 Å². The van der Waals surface area contributed by atoms with Crippen LogP contribution < -0.4 is 21.4 Å². The summed E-state index contributed by atoms with van der Waals surface area (Å²) in [6, 6.07) is 14.8. The summed E-state index contributed by atoms with van der Waals surface area (Å²) in [7, 11) is 1.55. The molecule has 32 heavy (non-hydrogen) atoms. The molecule has 0 saturated heterocycles. The van der Waals surface area contributed by atoms with Crippen molar-refractivity contribution in [2.24, 2.45) is 12.1 Å². The molecule has 0 aliphatic carbocycles. The smallest absolute Gasteiger partial charge is 0.329 e. The number of nitrogens with one attached hydrogen (secondary N) is 2. The van der Waals surface area contributed by atoms with Crippen molar-refractivity contribution in [1.82, 2.24) is 19.1 Å². The second kappa shape index (κ2) is 9.11. The van der Waals surface area contributed by atoms with Crippen LogP contribution in [0.5, 0.6) is 5.75 Å². The SMILES string of the molecule is CCOc1ccc(C=NNc2nc3c(c(=O)[nH]c(=O)n3C)n2Cc2cccc(Cl)c2)cc1. The van der Waals surface area contributed by atoms with Gasteiger partial charge < -0.3 is 4.74 Å². The molecule has 0 amide bonds. The van der Waals surface area contributed by atoms with Crippen LogP contribution >= 0.6 is 11.6 Å². The summed E-state index contributed by atoms with van der Waals surface area (Å²) in [5, 5.41) is 4.84. The summed E-state index contributed by atoms with van der Waals surface area (Å²) in [5.74, 6) is 1.09. The minimum Gasteiger partial charge on any atom is -0.494 e. The topological polar surface area (TPSA) is 106 Å². The van der Waals surface area contributed by atoms with Gasteiger partial charge in [0, 0.05) is 12.1 Å². The molecule has 2 N–H and O–H groups in total. The number of ether oxygens (including phenoxy) is 1. The molecule has 2 aromatic heterocycles. The molecular formula is C22H21ClN6O3. The molecule has 0 saturated carbocycles. The number of aryl methyl sites for hydroxylation is 1. The Morgan fingerprint density at radius 3 is 2.72 bits per heavy atom. The molecular weight excluding hydrogens is 432 g/mol. The fourth-order valence-corrected chi connectivity index (χ4v) is 3.49. The van der Waals surface area contributed by atoms with Crippen molar-refractivity contribution in [2.45, 2.75) is 13.5 Å². The predicted octanol–water partition coefficient (Wildman–Crippen LogP) is 2.97. The van der Waals surface area contributed by atoms with Gasteiger partial charge in [0.2, 0.25) is 5.95 Å². The minimum atomic E-state index is -0.542. The largest absolute Gasteiger partial charge is 0.494 e. The molecule has 0 aliphatic heterocycles. The fraction of sp³-hybridized carbons (Fsp3) is 0.182. The highest BCUT2D eigenvalue weighted by Gasteiger charge is 2.17. The van der Waals surface area contributed by atoms with E-state index in [1.807, 2.05) is 43.3 Å². The van der Waals surface area contributed by atoms with Gasteiger partial charge in [0.1, 0.15) is 5.75 Å². The Hall–Kier alpha value is -3.85. The third kappa shape index (κ3) is 4.42. The molecule has 0 radical (unpaired) electrons. The highest BCUT2D eigenvalue weighted by Crippen LogP contribution is 2.19. The Kier molecular flexibility index (Phi) is 6.09. The molecule has 4 aromatic rings. The average molecular weight is 453 g/mol. The molecule has 164 valence electrons. The lowest BCUT2D eigenvalue weighted by Crippen LogP contribution is -2.29. The Labute approximate surface area is 187 Å². The number of hydrogen-bond donors (Lipinski definition) is 2. The molecule has 9 nitrogen and oxygen atoms in total. The average Bonchev–Trinajstić information content (AvgIpc) is 3.12. The first-order chi connectivity index (χ1) is 15.5. The molecule has 0 aliphatic rings. The highest BCUT2D eigenvalue weighted by atomic mass is 35.5. The lowest BCUT2D eigenvalue weighted by Gasteiger charge is -2.08. The number of halogens is 1. The maximum atomic E-state index is 12.6. The molecule has 0 atom stereocenters. The summed E-state index contributed by atoms with van der Waals surface area (Å²) in [5.41, 5.74) is 4.04. The van der Waals surface area contributed by atoms with E-state index in [1.165, 1.54) is 4.57 Å². The first kappa shape index (κ1) is 21.4. The Balaban J connectivity index is 1.71. The zero-order chi connectivity index (χ0) is 22.7. The van der Waals surface area contributed by atoms with Crippen molar-refractivity contribution in [2.75, 3.05) is 12.0 Å². The van der Waals surface area contributed by atoms with Gasteiger partial charge in [0.25, 0.3) is 5.56 Å². The number of benzene rings is 2. The number of fused-ring (bicyclic) bond motifs is 1. The number of H-pyrrole nitrogens is 1. The van der Waals surface area contributed by atoms with Crippen LogP contribution in [-0.4, -0.2) is 31.9 Å². The van der Waals surface area contributed by atoms with Gasteiger partial charge in [-0.25, -0.2) is 10.2 Å². The molecule has 0 unspecified atom stereocenters. The van der Waals surface area contributed by atoms with Gasteiger partial charge in [-0.15, -0.1) is 0 Å². The highest BCUT2D eigenvalue weighted by molar-refractivity contribution is 6.30. The van der Waals surface area contributed by atoms with Crippen LogP contribution in [0, 0.1) is 0 Å². The van der Waals surface area contributed by atoms with Crippen molar-refractivity contribution < 1.29 is 4.74 Å². The van der Waals surface area contributed by atoms with E-state index in [0.29, 0.717) is 24.1 Å². The Morgan fingerprint density at radius 2 is 2.00 bits per heavy atom. The van der Waals surface area contributed by atoms with E-state index in [1.54, 1.807) is 30.0 Å². The van der Waals surface area contributed by atoms with Gasteiger partial charge in [0.15, 0.2) is 11.2 Å². The normalized spacial score (nSPS) is 11.3. The van der Waals surface area contributed by atoms with Gasteiger partial charge in [-0.1, -0.05) is 23.7 Å². The third-order valence-corrected chi connectivity index (χ3v) is 5.04. The van der Waals surface area contributed by atoms with Gasteiger partial charge in [-0.3, -0.25) is 18.9 Å². The molecule has 0 bridgehead atoms. The van der Waals surface area contributed by atoms with Crippen molar-refractivity contribution in [3.05, 3.63) is 85.5 Å². The fourth-order valence-electron chi connectivity index (χ4n) is 3.27. The van der Waals surface area contributed by atoms with Crippen molar-refractivity contribution in [3.8, 4) is 5.75 Å². The van der Waals surface area contributed by atoms with E-state index in [2.05, 4.69) is 20.5 Å². The monoisotopic (exact) mass is 452 g/mol. The number of rotatable bonds is 7. The number of anilines is 1. The quantitative estimate of drug-likeness (QED) is 0.331. The number of hydrazone groups is 1. The summed E-state index contributed by atoms with van der Waals surface area (Å²) < 4.78 is 8.38. The van der Waals surface area contributed by atoms with E-state index >= 15 is 0 Å². The standard InChI is InChI=1S/C22H21ClN6O3/c1-3-32-17-9-7-14(8-10-17)12-24-27-21-25-19-18(20(30)26-22(31)28(19)2)29(21)13-15-5-4-6-16(23)11-15/h4-12H,3,13H2,1-2H3,(H,25,27)(H,26,30,31). The molecule has 2 aromatic carbocycles. The van der Waals surface area contributed by atoms with Crippen LogP contribution in [0.4, 0.5) is 5.95 Å². The van der Waals surface area contributed by atoms with E-state index in [-0.39, 0.29) is 11.2 Å². The van der Waals surface area contributed by atoms with Crippen molar-refractivity contribution >= 4 is 34.9 Å². The third-order valence-electron chi connectivity index (χ3n) is 4.81. The summed E-state index contributed by atoms with van der Waals surface area (Å²) in [4.78, 5) is 31.4. The first-order valence-electron chi connectivity index (χ1n) is 9.92. The van der Waals surface area contributed by atoms with Crippen LogP contribution in [0.15, 0.2) is 63.2 Å². The zero-order valence-electron chi connectivity index (χ0n) is 17.5. The number of aromatic amines is 1. The van der Waals surface area contributed by atoms with Crippen LogP contribution in [0.2, 0.25) is 5.02 Å². The predicted molar refractivity (Wildman–Crippen MR) is 125 cm³/mol. The number of nitrogens with zero attached hydrogens (tertiary/aromatic N) is 4. The van der Waals surface area contributed by atoms with Crippen molar-refractivity contribution in [3.63, 3.8) is 0 Å². The van der Waals surface area contributed by atoms with Crippen LogP contribution in [0.3, 0.4) is 0 Å². The van der Waals surface area contributed by atoms with Crippen LogP contribution in [-0.2, 0) is 13.6 Å².